The van der Waals surface area contributed by atoms with E-state index >= 15 is 0 Å². The number of nitrogens with zero attached hydrogens (tertiary/aromatic N) is 2. The first kappa shape index (κ1) is 23.5. The molecule has 30 heavy (non-hydrogen) atoms. The number of aryl methyl sites for hydroxylation is 1. The van der Waals surface area contributed by atoms with Crippen LogP contribution in [0, 0.1) is 6.92 Å². The lowest BCUT2D eigenvalue weighted by atomic mass is 10.2. The predicted octanol–water partition coefficient (Wildman–Crippen LogP) is 4.05. The molecule has 0 aliphatic carbocycles. The molecule has 2 N–H and O–H groups in total. The van der Waals surface area contributed by atoms with Crippen LogP contribution in [0.15, 0.2) is 29.3 Å². The second kappa shape index (κ2) is 11.4. The van der Waals surface area contributed by atoms with Crippen molar-refractivity contribution in [3.63, 3.8) is 0 Å². The fourth-order valence-corrected chi connectivity index (χ4v) is 3.55. The molecule has 1 unspecified atom stereocenters. The molecule has 0 aliphatic heterocycles. The zero-order valence-electron chi connectivity index (χ0n) is 17.4. The average Bonchev–Trinajstić information content (AvgIpc) is 3.09. The Morgan fingerprint density at radius 2 is 2.03 bits per heavy atom. The van der Waals surface area contributed by atoms with Crippen LogP contribution in [0.25, 0.3) is 0 Å². The van der Waals surface area contributed by atoms with E-state index < -0.39 is 6.61 Å². The Balaban J connectivity index is 2.14. The molecule has 0 saturated carbocycles. The normalized spacial score (nSPS) is 12.6. The Morgan fingerprint density at radius 3 is 2.70 bits per heavy atom. The van der Waals surface area contributed by atoms with Crippen molar-refractivity contribution in [2.75, 3.05) is 13.2 Å². The molecule has 0 spiro atoms. The minimum Gasteiger partial charge on any atom is -0.462 e. The zero-order valence-corrected chi connectivity index (χ0v) is 18.2. The fraction of sp³-hybridized carbons (Fsp3) is 0.450. The van der Waals surface area contributed by atoms with Crippen molar-refractivity contribution >= 4 is 23.3 Å². The lowest BCUT2D eigenvalue weighted by Crippen LogP contribution is -2.38. The van der Waals surface area contributed by atoms with Crippen LogP contribution in [0.2, 0.25) is 0 Å². The van der Waals surface area contributed by atoms with E-state index in [2.05, 4.69) is 25.3 Å². The number of aliphatic imine (C=N–C) groups is 1. The van der Waals surface area contributed by atoms with Gasteiger partial charge in [0.2, 0.25) is 0 Å². The summed E-state index contributed by atoms with van der Waals surface area (Å²) in [5, 5.41) is 7.05. The number of ether oxygens (including phenoxy) is 2. The van der Waals surface area contributed by atoms with Gasteiger partial charge in [0.1, 0.15) is 15.6 Å². The number of rotatable bonds is 9. The number of para-hydroxylation sites is 1. The summed E-state index contributed by atoms with van der Waals surface area (Å²) < 4.78 is 34.8. The Kier molecular flexibility index (Phi) is 8.97. The van der Waals surface area contributed by atoms with Crippen LogP contribution in [0.3, 0.4) is 0 Å². The number of hydrogen-bond acceptors (Lipinski definition) is 6. The third kappa shape index (κ3) is 6.65. The molecule has 0 amide bonds. The molecule has 10 heteroatoms. The topological polar surface area (TPSA) is 84.8 Å². The number of carbonyl (C=O) groups is 1. The van der Waals surface area contributed by atoms with Gasteiger partial charge in [-0.25, -0.2) is 14.8 Å². The molecule has 1 heterocycles. The minimum absolute atomic E-state index is 0.0924. The van der Waals surface area contributed by atoms with Crippen LogP contribution >= 0.6 is 11.3 Å². The Bertz CT molecular complexity index is 873. The predicted molar refractivity (Wildman–Crippen MR) is 112 cm³/mol. The van der Waals surface area contributed by atoms with Crippen molar-refractivity contribution in [1.29, 1.82) is 0 Å². The van der Waals surface area contributed by atoms with Gasteiger partial charge in [0, 0.05) is 12.1 Å². The summed E-state index contributed by atoms with van der Waals surface area (Å²) in [7, 11) is 0. The number of guanidine groups is 1. The van der Waals surface area contributed by atoms with E-state index in [1.54, 1.807) is 32.0 Å². The molecule has 0 radical (unpaired) electrons. The minimum atomic E-state index is -2.90. The van der Waals surface area contributed by atoms with Crippen molar-refractivity contribution in [2.24, 2.45) is 4.99 Å². The third-order valence-corrected chi connectivity index (χ3v) is 5.26. The average molecular weight is 441 g/mol. The number of thiazole rings is 1. The molecule has 1 atom stereocenters. The van der Waals surface area contributed by atoms with Crippen LogP contribution in [0.4, 0.5) is 8.78 Å². The SMILES string of the molecule is CCNC(=NCc1ccccc1OC(F)F)NC(C)c1nc(C)c(C(=O)OCC)s1. The highest BCUT2D eigenvalue weighted by Crippen LogP contribution is 2.25. The molecule has 0 bridgehead atoms. The van der Waals surface area contributed by atoms with Crippen LogP contribution in [-0.4, -0.2) is 36.7 Å². The zero-order chi connectivity index (χ0) is 22.1. The first-order valence-corrected chi connectivity index (χ1v) is 10.4. The van der Waals surface area contributed by atoms with Gasteiger partial charge in [-0.15, -0.1) is 11.3 Å². The van der Waals surface area contributed by atoms with E-state index in [4.69, 9.17) is 4.74 Å². The van der Waals surface area contributed by atoms with Gasteiger partial charge >= 0.3 is 12.6 Å². The van der Waals surface area contributed by atoms with Crippen molar-refractivity contribution in [3.8, 4) is 5.75 Å². The van der Waals surface area contributed by atoms with E-state index in [0.717, 1.165) is 0 Å². The van der Waals surface area contributed by atoms with Crippen molar-refractivity contribution in [3.05, 3.63) is 45.4 Å². The number of benzene rings is 1. The second-order valence-electron chi connectivity index (χ2n) is 6.23. The summed E-state index contributed by atoms with van der Waals surface area (Å²) in [5.74, 6) is 0.194. The van der Waals surface area contributed by atoms with Gasteiger partial charge in [0.05, 0.1) is 24.9 Å². The highest BCUT2D eigenvalue weighted by molar-refractivity contribution is 7.13. The Morgan fingerprint density at radius 1 is 1.30 bits per heavy atom. The van der Waals surface area contributed by atoms with E-state index in [0.29, 0.717) is 40.3 Å². The number of carbonyl (C=O) groups excluding carboxylic acids is 1. The lowest BCUT2D eigenvalue weighted by molar-refractivity contribution is -0.0504. The number of nitrogens with one attached hydrogen (secondary N) is 2. The third-order valence-electron chi connectivity index (χ3n) is 3.94. The second-order valence-corrected chi connectivity index (χ2v) is 7.27. The number of alkyl halides is 2. The summed E-state index contributed by atoms with van der Waals surface area (Å²) in [5.41, 5.74) is 1.15. The number of esters is 1. The summed E-state index contributed by atoms with van der Waals surface area (Å²) in [6.07, 6.45) is 0. The maximum atomic E-state index is 12.6. The van der Waals surface area contributed by atoms with Crippen molar-refractivity contribution in [1.82, 2.24) is 15.6 Å². The fourth-order valence-electron chi connectivity index (χ4n) is 2.59. The van der Waals surface area contributed by atoms with E-state index in [1.165, 1.54) is 17.4 Å². The molecule has 2 rings (SSSR count). The van der Waals surface area contributed by atoms with E-state index in [-0.39, 0.29) is 24.3 Å². The number of aromatic nitrogens is 1. The molecule has 0 saturated heterocycles. The molecule has 7 nitrogen and oxygen atoms in total. The smallest absolute Gasteiger partial charge is 0.387 e. The molecular formula is C20H26F2N4O3S. The molecule has 0 aliphatic rings. The summed E-state index contributed by atoms with van der Waals surface area (Å²) >= 11 is 1.27. The summed E-state index contributed by atoms with van der Waals surface area (Å²) in [6, 6.07) is 6.30. The number of hydrogen-bond donors (Lipinski definition) is 2. The number of halogens is 2. The van der Waals surface area contributed by atoms with Crippen LogP contribution in [0.5, 0.6) is 5.75 Å². The standard InChI is InChI=1S/C20H26F2N4O3S/c1-5-23-20(24-11-14-9-7-8-10-15(14)29-19(21)22)26-13(4)17-25-12(3)16(30-17)18(27)28-6-2/h7-10,13,19H,5-6,11H2,1-4H3,(H2,23,24,26). The van der Waals surface area contributed by atoms with Gasteiger partial charge in [-0.3, -0.25) is 0 Å². The van der Waals surface area contributed by atoms with E-state index in [1.807, 2.05) is 13.8 Å². The van der Waals surface area contributed by atoms with Gasteiger partial charge < -0.3 is 20.1 Å². The summed E-state index contributed by atoms with van der Waals surface area (Å²) in [4.78, 5) is 21.4. The van der Waals surface area contributed by atoms with Crippen molar-refractivity contribution in [2.45, 2.75) is 46.9 Å². The maximum absolute atomic E-state index is 12.6. The molecule has 2 aromatic rings. The molecule has 164 valence electrons. The maximum Gasteiger partial charge on any atom is 0.387 e. The van der Waals surface area contributed by atoms with Gasteiger partial charge in [-0.1, -0.05) is 18.2 Å². The monoisotopic (exact) mass is 440 g/mol. The molecule has 1 aromatic carbocycles. The van der Waals surface area contributed by atoms with E-state index in [9.17, 15) is 13.6 Å². The summed E-state index contributed by atoms with van der Waals surface area (Å²) in [6.45, 7) is 5.49. The van der Waals surface area contributed by atoms with Gasteiger partial charge in [-0.05, 0) is 33.8 Å². The van der Waals surface area contributed by atoms with Gasteiger partial charge in [-0.2, -0.15) is 8.78 Å². The van der Waals surface area contributed by atoms with Gasteiger partial charge in [0.15, 0.2) is 5.96 Å². The molecule has 0 fully saturated rings. The highest BCUT2D eigenvalue weighted by atomic mass is 32.1. The Hall–Kier alpha value is -2.75. The van der Waals surface area contributed by atoms with Crippen LogP contribution in [0.1, 0.15) is 52.7 Å². The van der Waals surface area contributed by atoms with Crippen molar-refractivity contribution < 1.29 is 23.0 Å². The lowest BCUT2D eigenvalue weighted by Gasteiger charge is -2.16. The van der Waals surface area contributed by atoms with Crippen LogP contribution in [-0.2, 0) is 11.3 Å². The molecular weight excluding hydrogens is 414 g/mol. The van der Waals surface area contributed by atoms with Crippen LogP contribution < -0.4 is 15.4 Å². The first-order chi connectivity index (χ1) is 14.3. The Labute approximate surface area is 178 Å². The highest BCUT2D eigenvalue weighted by Gasteiger charge is 2.20. The van der Waals surface area contributed by atoms with Gasteiger partial charge in [0.25, 0.3) is 0 Å². The quantitative estimate of drug-likeness (QED) is 0.348. The molecule has 1 aromatic heterocycles. The largest absolute Gasteiger partial charge is 0.462 e. The first-order valence-electron chi connectivity index (χ1n) is 9.57.